The SMILES string of the molecule is COc1cc(C2(OC)COC2)c(OC)cc1C. The molecule has 4 nitrogen and oxygen atoms in total. The zero-order chi connectivity index (χ0) is 12.5. The molecule has 1 aliphatic heterocycles. The molecule has 1 saturated heterocycles. The summed E-state index contributed by atoms with van der Waals surface area (Å²) < 4.78 is 21.6. The molecule has 17 heavy (non-hydrogen) atoms. The summed E-state index contributed by atoms with van der Waals surface area (Å²) in [5.41, 5.74) is 1.63. The van der Waals surface area contributed by atoms with Crippen LogP contribution in [0.2, 0.25) is 0 Å². The van der Waals surface area contributed by atoms with Crippen molar-refractivity contribution in [1.29, 1.82) is 0 Å². The second kappa shape index (κ2) is 4.55. The van der Waals surface area contributed by atoms with Crippen LogP contribution in [0.4, 0.5) is 0 Å². The number of methoxy groups -OCH3 is 3. The standard InChI is InChI=1S/C13H18O4/c1-9-5-12(15-3)10(6-11(9)14-2)13(16-4)7-17-8-13/h5-6H,7-8H2,1-4H3. The first-order valence-electron chi connectivity index (χ1n) is 5.53. The van der Waals surface area contributed by atoms with Gasteiger partial charge in [0.2, 0.25) is 0 Å². The molecule has 0 amide bonds. The summed E-state index contributed by atoms with van der Waals surface area (Å²) in [5.74, 6) is 1.65. The van der Waals surface area contributed by atoms with Crippen molar-refractivity contribution in [2.45, 2.75) is 12.5 Å². The van der Waals surface area contributed by atoms with Crippen LogP contribution in [0.15, 0.2) is 12.1 Å². The minimum Gasteiger partial charge on any atom is -0.496 e. The monoisotopic (exact) mass is 238 g/mol. The normalized spacial score (nSPS) is 17.4. The van der Waals surface area contributed by atoms with Crippen molar-refractivity contribution in [1.82, 2.24) is 0 Å². The van der Waals surface area contributed by atoms with E-state index in [1.54, 1.807) is 21.3 Å². The molecule has 1 heterocycles. The lowest BCUT2D eigenvalue weighted by Gasteiger charge is -2.41. The Bertz CT molecular complexity index is 405. The van der Waals surface area contributed by atoms with Crippen LogP contribution in [0, 0.1) is 6.92 Å². The van der Waals surface area contributed by atoms with Crippen molar-refractivity contribution in [2.24, 2.45) is 0 Å². The molecule has 0 unspecified atom stereocenters. The van der Waals surface area contributed by atoms with E-state index in [9.17, 15) is 0 Å². The molecule has 4 heteroatoms. The summed E-state index contributed by atoms with van der Waals surface area (Å²) in [6, 6.07) is 3.94. The van der Waals surface area contributed by atoms with Crippen molar-refractivity contribution < 1.29 is 18.9 Å². The molecule has 0 saturated carbocycles. The zero-order valence-electron chi connectivity index (χ0n) is 10.7. The summed E-state index contributed by atoms with van der Waals surface area (Å²) in [7, 11) is 5.01. The molecule has 0 N–H and O–H groups in total. The lowest BCUT2D eigenvalue weighted by molar-refractivity contribution is -0.203. The first kappa shape index (κ1) is 12.2. The Morgan fingerprint density at radius 1 is 1.06 bits per heavy atom. The molecule has 0 bridgehead atoms. The van der Waals surface area contributed by atoms with Crippen molar-refractivity contribution >= 4 is 0 Å². The van der Waals surface area contributed by atoms with Gasteiger partial charge in [0.15, 0.2) is 0 Å². The minimum atomic E-state index is -0.397. The maximum absolute atomic E-state index is 5.58. The van der Waals surface area contributed by atoms with Gasteiger partial charge in [-0.2, -0.15) is 0 Å². The first-order valence-corrected chi connectivity index (χ1v) is 5.53. The second-order valence-electron chi connectivity index (χ2n) is 4.21. The molecule has 1 fully saturated rings. The van der Waals surface area contributed by atoms with E-state index < -0.39 is 5.60 Å². The maximum atomic E-state index is 5.58. The predicted octanol–water partition coefficient (Wildman–Crippen LogP) is 1.88. The largest absolute Gasteiger partial charge is 0.496 e. The molecular formula is C13H18O4. The molecule has 0 aliphatic carbocycles. The lowest BCUT2D eigenvalue weighted by atomic mass is 9.89. The van der Waals surface area contributed by atoms with Gasteiger partial charge < -0.3 is 18.9 Å². The second-order valence-corrected chi connectivity index (χ2v) is 4.21. The Labute approximate surface area is 101 Å². The Balaban J connectivity index is 2.50. The van der Waals surface area contributed by atoms with Crippen molar-refractivity contribution in [3.63, 3.8) is 0 Å². The highest BCUT2D eigenvalue weighted by atomic mass is 16.6. The van der Waals surface area contributed by atoms with E-state index in [1.165, 1.54) is 0 Å². The highest BCUT2D eigenvalue weighted by Gasteiger charge is 2.43. The molecule has 0 radical (unpaired) electrons. The van der Waals surface area contributed by atoms with Gasteiger partial charge in [0, 0.05) is 12.7 Å². The number of ether oxygens (including phenoxy) is 4. The number of rotatable bonds is 4. The smallest absolute Gasteiger partial charge is 0.143 e. The molecule has 0 aromatic heterocycles. The van der Waals surface area contributed by atoms with E-state index in [4.69, 9.17) is 18.9 Å². The highest BCUT2D eigenvalue weighted by Crippen LogP contribution is 2.41. The fourth-order valence-electron chi connectivity index (χ4n) is 2.08. The molecule has 0 atom stereocenters. The average molecular weight is 238 g/mol. The number of benzene rings is 1. The van der Waals surface area contributed by atoms with Crippen LogP contribution >= 0.6 is 0 Å². The highest BCUT2D eigenvalue weighted by molar-refractivity contribution is 5.49. The van der Waals surface area contributed by atoms with E-state index in [0.717, 1.165) is 22.6 Å². The summed E-state index contributed by atoms with van der Waals surface area (Å²) >= 11 is 0. The minimum absolute atomic E-state index is 0.397. The van der Waals surface area contributed by atoms with Gasteiger partial charge in [-0.05, 0) is 24.6 Å². The van der Waals surface area contributed by atoms with Crippen LogP contribution < -0.4 is 9.47 Å². The number of aryl methyl sites for hydroxylation is 1. The number of hydrogen-bond acceptors (Lipinski definition) is 4. The van der Waals surface area contributed by atoms with Gasteiger partial charge in [-0.3, -0.25) is 0 Å². The van der Waals surface area contributed by atoms with Gasteiger partial charge >= 0.3 is 0 Å². The fraction of sp³-hybridized carbons (Fsp3) is 0.538. The Kier molecular flexibility index (Phi) is 3.26. The zero-order valence-corrected chi connectivity index (χ0v) is 10.7. The van der Waals surface area contributed by atoms with Gasteiger partial charge in [0.05, 0.1) is 27.4 Å². The van der Waals surface area contributed by atoms with Crippen LogP contribution in [0.1, 0.15) is 11.1 Å². The molecule has 1 aliphatic rings. The summed E-state index contributed by atoms with van der Waals surface area (Å²) in [5, 5.41) is 0. The van der Waals surface area contributed by atoms with Gasteiger partial charge in [-0.25, -0.2) is 0 Å². The van der Waals surface area contributed by atoms with Crippen LogP contribution in [0.25, 0.3) is 0 Å². The van der Waals surface area contributed by atoms with E-state index in [1.807, 2.05) is 19.1 Å². The van der Waals surface area contributed by atoms with Crippen molar-refractivity contribution in [3.05, 3.63) is 23.3 Å². The van der Waals surface area contributed by atoms with Crippen LogP contribution in [-0.2, 0) is 15.1 Å². The van der Waals surface area contributed by atoms with Gasteiger partial charge in [0.1, 0.15) is 17.1 Å². The van der Waals surface area contributed by atoms with Gasteiger partial charge in [-0.15, -0.1) is 0 Å². The van der Waals surface area contributed by atoms with E-state index in [0.29, 0.717) is 13.2 Å². The molecule has 94 valence electrons. The van der Waals surface area contributed by atoms with Crippen LogP contribution in [0.5, 0.6) is 11.5 Å². The molecule has 0 spiro atoms. The lowest BCUT2D eigenvalue weighted by Crippen LogP contribution is -2.48. The average Bonchev–Trinajstić information content (AvgIpc) is 2.29. The third kappa shape index (κ3) is 1.87. The first-order chi connectivity index (χ1) is 8.16. The molecule has 1 aromatic rings. The third-order valence-electron chi connectivity index (χ3n) is 3.27. The number of hydrogen-bond donors (Lipinski definition) is 0. The van der Waals surface area contributed by atoms with Crippen LogP contribution in [-0.4, -0.2) is 34.5 Å². The van der Waals surface area contributed by atoms with Crippen LogP contribution in [0.3, 0.4) is 0 Å². The maximum Gasteiger partial charge on any atom is 0.143 e. The Hall–Kier alpha value is -1.26. The molecule has 1 aromatic carbocycles. The summed E-state index contributed by atoms with van der Waals surface area (Å²) in [6.07, 6.45) is 0. The molecule has 2 rings (SSSR count). The fourth-order valence-corrected chi connectivity index (χ4v) is 2.08. The van der Waals surface area contributed by atoms with Gasteiger partial charge in [-0.1, -0.05) is 0 Å². The van der Waals surface area contributed by atoms with Crippen molar-refractivity contribution in [2.75, 3.05) is 34.5 Å². The summed E-state index contributed by atoms with van der Waals surface area (Å²) in [4.78, 5) is 0. The predicted molar refractivity (Wildman–Crippen MR) is 63.8 cm³/mol. The Morgan fingerprint density at radius 3 is 2.12 bits per heavy atom. The van der Waals surface area contributed by atoms with Crippen molar-refractivity contribution in [3.8, 4) is 11.5 Å². The quantitative estimate of drug-likeness (QED) is 0.802. The van der Waals surface area contributed by atoms with E-state index in [-0.39, 0.29) is 0 Å². The third-order valence-corrected chi connectivity index (χ3v) is 3.27. The Morgan fingerprint density at radius 2 is 1.71 bits per heavy atom. The van der Waals surface area contributed by atoms with Gasteiger partial charge in [0.25, 0.3) is 0 Å². The van der Waals surface area contributed by atoms with E-state index in [2.05, 4.69) is 0 Å². The summed E-state index contributed by atoms with van der Waals surface area (Å²) in [6.45, 7) is 3.08. The topological polar surface area (TPSA) is 36.9 Å². The van der Waals surface area contributed by atoms with E-state index >= 15 is 0 Å². The molecular weight excluding hydrogens is 220 g/mol.